The van der Waals surface area contributed by atoms with E-state index in [0.29, 0.717) is 0 Å². The summed E-state index contributed by atoms with van der Waals surface area (Å²) in [6.07, 6.45) is 0. The summed E-state index contributed by atoms with van der Waals surface area (Å²) in [5, 5.41) is 0. The molecule has 0 N–H and O–H groups in total. The molecule has 0 heterocycles. The zero-order chi connectivity index (χ0) is 10.0. The zero-order valence-corrected chi connectivity index (χ0v) is 8.76. The number of carbonyl (C=O) groups excluding carboxylic acids is 1. The quantitative estimate of drug-likeness (QED) is 0.452. The minimum absolute atomic E-state index is 0.0296. The van der Waals surface area contributed by atoms with Gasteiger partial charge in [0.05, 0.1) is 16.2 Å². The summed E-state index contributed by atoms with van der Waals surface area (Å²) in [7, 11) is 1.18. The lowest BCUT2D eigenvalue weighted by atomic mass is 10.2. The van der Waals surface area contributed by atoms with E-state index >= 15 is 0 Å². The van der Waals surface area contributed by atoms with Gasteiger partial charge in [0, 0.05) is 0 Å². The van der Waals surface area contributed by atoms with E-state index in [1.165, 1.54) is 13.2 Å². The van der Waals surface area contributed by atoms with Gasteiger partial charge in [0.2, 0.25) is 0 Å². The van der Waals surface area contributed by atoms with Gasteiger partial charge in [0.1, 0.15) is 0 Å². The largest absolute Gasteiger partial charge is 0.465 e. The molecule has 1 aromatic carbocycles. The average Bonchev–Trinajstić information content (AvgIpc) is 2.13. The fourth-order valence-corrected chi connectivity index (χ4v) is 1.45. The average molecular weight is 298 g/mol. The fraction of sp³-hybridized carbons (Fsp3) is 0.125. The number of rotatable bonds is 1. The maximum absolute atomic E-state index is 12.9. The summed E-state index contributed by atoms with van der Waals surface area (Å²) in [6, 6.07) is 2.08. The maximum Gasteiger partial charge on any atom is 0.339 e. The van der Waals surface area contributed by atoms with E-state index in [9.17, 15) is 13.6 Å². The Balaban J connectivity index is 3.26. The van der Waals surface area contributed by atoms with Gasteiger partial charge in [-0.15, -0.1) is 0 Å². The van der Waals surface area contributed by atoms with Crippen LogP contribution in [-0.4, -0.2) is 13.1 Å². The minimum atomic E-state index is -1.02. The van der Waals surface area contributed by atoms with Gasteiger partial charge in [-0.05, 0) is 34.7 Å². The molecule has 0 aliphatic rings. The molecule has 0 aliphatic heterocycles. The molecule has 1 aromatic rings. The van der Waals surface area contributed by atoms with Crippen molar-refractivity contribution in [3.63, 3.8) is 0 Å². The topological polar surface area (TPSA) is 26.3 Å². The Morgan fingerprint density at radius 3 is 2.62 bits per heavy atom. The lowest BCUT2D eigenvalue weighted by Gasteiger charge is -2.03. The molecule has 0 saturated carbocycles. The number of hydrogen-bond donors (Lipinski definition) is 0. The highest BCUT2D eigenvalue weighted by Crippen LogP contribution is 2.19. The molecule has 1 rings (SSSR count). The van der Waals surface area contributed by atoms with Crippen molar-refractivity contribution in [3.05, 3.63) is 32.9 Å². The second kappa shape index (κ2) is 3.99. The molecule has 0 aromatic heterocycles. The Kier molecular flexibility index (Phi) is 3.18. The summed E-state index contributed by atoms with van der Waals surface area (Å²) in [5.74, 6) is -2.68. The number of hydrogen-bond acceptors (Lipinski definition) is 2. The van der Waals surface area contributed by atoms with Crippen LogP contribution in [0.4, 0.5) is 8.78 Å². The first kappa shape index (κ1) is 10.4. The molecule has 0 saturated heterocycles. The first-order valence-corrected chi connectivity index (χ1v) is 4.37. The zero-order valence-electron chi connectivity index (χ0n) is 6.61. The Hall–Kier alpha value is -0.720. The summed E-state index contributed by atoms with van der Waals surface area (Å²) >= 11 is 1.55. The van der Waals surface area contributed by atoms with Crippen LogP contribution in [0.3, 0.4) is 0 Å². The molecule has 5 heteroatoms. The lowest BCUT2D eigenvalue weighted by molar-refractivity contribution is 0.0598. The summed E-state index contributed by atoms with van der Waals surface area (Å²) < 4.78 is 29.8. The highest BCUT2D eigenvalue weighted by Gasteiger charge is 2.16. The van der Waals surface area contributed by atoms with Crippen molar-refractivity contribution in [2.45, 2.75) is 0 Å². The van der Waals surface area contributed by atoms with Crippen molar-refractivity contribution >= 4 is 28.6 Å². The predicted octanol–water partition coefficient (Wildman–Crippen LogP) is 2.36. The van der Waals surface area contributed by atoms with Crippen LogP contribution in [0.15, 0.2) is 12.1 Å². The molecule has 0 atom stereocenters. The highest BCUT2D eigenvalue weighted by molar-refractivity contribution is 14.1. The van der Waals surface area contributed by atoms with Gasteiger partial charge >= 0.3 is 5.97 Å². The lowest BCUT2D eigenvalue weighted by Crippen LogP contribution is -2.06. The van der Waals surface area contributed by atoms with Crippen molar-refractivity contribution in [1.82, 2.24) is 0 Å². The molecule has 70 valence electrons. The summed E-state index contributed by atoms with van der Waals surface area (Å²) in [5.41, 5.74) is 0.0296. The SMILES string of the molecule is COC(=O)c1ccc(F)c(F)c1I. The molecule has 0 bridgehead atoms. The van der Waals surface area contributed by atoms with E-state index < -0.39 is 17.6 Å². The molecule has 0 unspecified atom stereocenters. The number of esters is 1. The fourth-order valence-electron chi connectivity index (χ4n) is 0.794. The van der Waals surface area contributed by atoms with E-state index in [0.717, 1.165) is 6.07 Å². The number of benzene rings is 1. The van der Waals surface area contributed by atoms with Gasteiger partial charge in [0.15, 0.2) is 11.6 Å². The summed E-state index contributed by atoms with van der Waals surface area (Å²) in [6.45, 7) is 0. The predicted molar refractivity (Wildman–Crippen MR) is 50.4 cm³/mol. The van der Waals surface area contributed by atoms with Crippen molar-refractivity contribution < 1.29 is 18.3 Å². The number of ether oxygens (including phenoxy) is 1. The third kappa shape index (κ3) is 1.96. The smallest absolute Gasteiger partial charge is 0.339 e. The van der Waals surface area contributed by atoms with Gasteiger partial charge in [-0.3, -0.25) is 0 Å². The van der Waals surface area contributed by atoms with Gasteiger partial charge in [-0.2, -0.15) is 0 Å². The van der Waals surface area contributed by atoms with Crippen LogP contribution >= 0.6 is 22.6 Å². The molecular weight excluding hydrogens is 293 g/mol. The Labute approximate surface area is 87.0 Å². The standard InChI is InChI=1S/C8H5F2IO2/c1-13-8(12)4-2-3-5(9)6(10)7(4)11/h2-3H,1H3. The van der Waals surface area contributed by atoms with Crippen LogP contribution < -0.4 is 0 Å². The minimum Gasteiger partial charge on any atom is -0.465 e. The molecule has 2 nitrogen and oxygen atoms in total. The van der Waals surface area contributed by atoms with E-state index in [1.54, 1.807) is 22.6 Å². The van der Waals surface area contributed by atoms with Gasteiger partial charge in [0.25, 0.3) is 0 Å². The Morgan fingerprint density at radius 2 is 2.08 bits per heavy atom. The molecule has 0 fully saturated rings. The monoisotopic (exact) mass is 298 g/mol. The van der Waals surface area contributed by atoms with Gasteiger partial charge < -0.3 is 4.74 Å². The molecule has 0 amide bonds. The van der Waals surface area contributed by atoms with Crippen LogP contribution in [0, 0.1) is 15.2 Å². The number of halogens is 3. The third-order valence-electron chi connectivity index (χ3n) is 1.44. The van der Waals surface area contributed by atoms with Crippen LogP contribution in [-0.2, 0) is 4.74 Å². The van der Waals surface area contributed by atoms with Crippen LogP contribution in [0.25, 0.3) is 0 Å². The van der Waals surface area contributed by atoms with Crippen molar-refractivity contribution in [2.75, 3.05) is 7.11 Å². The summed E-state index contributed by atoms with van der Waals surface area (Å²) in [4.78, 5) is 11.0. The van der Waals surface area contributed by atoms with Crippen LogP contribution in [0.1, 0.15) is 10.4 Å². The molecule has 0 spiro atoms. The van der Waals surface area contributed by atoms with E-state index in [4.69, 9.17) is 0 Å². The van der Waals surface area contributed by atoms with Crippen molar-refractivity contribution in [3.8, 4) is 0 Å². The van der Waals surface area contributed by atoms with Crippen LogP contribution in [0.2, 0.25) is 0 Å². The van der Waals surface area contributed by atoms with Crippen LogP contribution in [0.5, 0.6) is 0 Å². The molecule has 13 heavy (non-hydrogen) atoms. The molecule has 0 aliphatic carbocycles. The second-order valence-corrected chi connectivity index (χ2v) is 3.29. The molecular formula is C8H5F2IO2. The van der Waals surface area contributed by atoms with Crippen molar-refractivity contribution in [2.24, 2.45) is 0 Å². The Bertz CT molecular complexity index is 352. The van der Waals surface area contributed by atoms with E-state index in [2.05, 4.69) is 4.74 Å². The number of methoxy groups -OCH3 is 1. The van der Waals surface area contributed by atoms with Gasteiger partial charge in [-0.25, -0.2) is 13.6 Å². The normalized spacial score (nSPS) is 9.85. The molecule has 0 radical (unpaired) electrons. The first-order valence-electron chi connectivity index (χ1n) is 3.29. The van der Waals surface area contributed by atoms with Crippen molar-refractivity contribution in [1.29, 1.82) is 0 Å². The third-order valence-corrected chi connectivity index (χ3v) is 2.50. The van der Waals surface area contributed by atoms with E-state index in [1.807, 2.05) is 0 Å². The number of carbonyl (C=O) groups is 1. The van der Waals surface area contributed by atoms with Gasteiger partial charge in [-0.1, -0.05) is 0 Å². The first-order chi connectivity index (χ1) is 6.07. The second-order valence-electron chi connectivity index (χ2n) is 2.21. The maximum atomic E-state index is 12.9. The Morgan fingerprint density at radius 1 is 1.46 bits per heavy atom. The highest BCUT2D eigenvalue weighted by atomic mass is 127. The van der Waals surface area contributed by atoms with E-state index in [-0.39, 0.29) is 9.13 Å².